The van der Waals surface area contributed by atoms with Crippen LogP contribution in [0.1, 0.15) is 0 Å². The maximum Gasteiger partial charge on any atom is 0.223 e. The Hall–Kier alpha value is -2.48. The Morgan fingerprint density at radius 3 is 2.28 bits per heavy atom. The average molecular weight is 252 g/mol. The summed E-state index contributed by atoms with van der Waals surface area (Å²) in [6, 6.07) is 4.87. The number of para-hydroxylation sites is 1. The third-order valence-corrected chi connectivity index (χ3v) is 2.11. The molecule has 94 valence electrons. The van der Waals surface area contributed by atoms with Gasteiger partial charge in [0.2, 0.25) is 5.95 Å². The first-order valence-electron chi connectivity index (χ1n) is 4.92. The van der Waals surface area contributed by atoms with Crippen LogP contribution in [0.25, 0.3) is 0 Å². The molecule has 0 spiro atoms. The zero-order valence-corrected chi connectivity index (χ0v) is 9.11. The molecule has 0 aliphatic carbocycles. The Kier molecular flexibility index (Phi) is 3.20. The molecule has 0 saturated carbocycles. The second kappa shape index (κ2) is 4.80. The molecular weight excluding hydrogens is 242 g/mol. The fourth-order valence-corrected chi connectivity index (χ4v) is 1.35. The standard InChI is InChI=1S/C10H10F2N6/c11-5-2-1-3-6(12)9(5)15-7-4-8(18-14)17-10(13)16-7/h1-4H,14H2,(H4,13,15,16,17,18). The van der Waals surface area contributed by atoms with Crippen LogP contribution in [-0.4, -0.2) is 9.97 Å². The lowest BCUT2D eigenvalue weighted by Gasteiger charge is -2.09. The van der Waals surface area contributed by atoms with Crippen LogP contribution in [-0.2, 0) is 0 Å². The summed E-state index contributed by atoms with van der Waals surface area (Å²) < 4.78 is 26.8. The van der Waals surface area contributed by atoms with E-state index in [1.165, 1.54) is 12.1 Å². The van der Waals surface area contributed by atoms with Gasteiger partial charge in [0.1, 0.15) is 29.0 Å². The number of nitrogens with two attached hydrogens (primary N) is 2. The molecule has 0 aliphatic rings. The van der Waals surface area contributed by atoms with Gasteiger partial charge >= 0.3 is 0 Å². The van der Waals surface area contributed by atoms with Gasteiger partial charge in [0.05, 0.1) is 0 Å². The van der Waals surface area contributed by atoms with Crippen molar-refractivity contribution in [1.82, 2.24) is 9.97 Å². The van der Waals surface area contributed by atoms with Crippen molar-refractivity contribution in [3.63, 3.8) is 0 Å². The predicted octanol–water partition coefficient (Wildman–Crippen LogP) is 1.37. The lowest BCUT2D eigenvalue weighted by Crippen LogP contribution is -2.11. The molecule has 1 aromatic heterocycles. The van der Waals surface area contributed by atoms with E-state index in [1.54, 1.807) is 0 Å². The lowest BCUT2D eigenvalue weighted by molar-refractivity contribution is 0.590. The van der Waals surface area contributed by atoms with E-state index >= 15 is 0 Å². The normalized spacial score (nSPS) is 10.2. The van der Waals surface area contributed by atoms with Crippen LogP contribution in [0, 0.1) is 11.6 Å². The smallest absolute Gasteiger partial charge is 0.223 e. The molecule has 1 heterocycles. The number of anilines is 4. The maximum atomic E-state index is 13.4. The lowest BCUT2D eigenvalue weighted by atomic mass is 10.3. The SMILES string of the molecule is NNc1cc(Nc2c(F)cccc2F)nc(N)n1. The Balaban J connectivity index is 2.37. The molecule has 0 amide bonds. The third kappa shape index (κ3) is 2.43. The summed E-state index contributed by atoms with van der Waals surface area (Å²) in [4.78, 5) is 7.53. The molecule has 6 N–H and O–H groups in total. The molecule has 0 aliphatic heterocycles. The van der Waals surface area contributed by atoms with E-state index < -0.39 is 11.6 Å². The first kappa shape index (κ1) is 12.0. The quantitative estimate of drug-likeness (QED) is 0.486. The number of hydrogen-bond acceptors (Lipinski definition) is 6. The number of aromatic nitrogens is 2. The number of rotatable bonds is 3. The third-order valence-electron chi connectivity index (χ3n) is 2.11. The molecule has 0 atom stereocenters. The molecule has 0 fully saturated rings. The Bertz CT molecular complexity index is 554. The van der Waals surface area contributed by atoms with Crippen molar-refractivity contribution in [2.75, 3.05) is 16.5 Å². The maximum absolute atomic E-state index is 13.4. The van der Waals surface area contributed by atoms with E-state index in [-0.39, 0.29) is 23.3 Å². The van der Waals surface area contributed by atoms with Crippen molar-refractivity contribution in [1.29, 1.82) is 0 Å². The summed E-state index contributed by atoms with van der Waals surface area (Å²) in [7, 11) is 0. The molecule has 0 saturated heterocycles. The molecule has 1 aromatic carbocycles. The topological polar surface area (TPSA) is 102 Å². The zero-order valence-electron chi connectivity index (χ0n) is 9.11. The second-order valence-electron chi connectivity index (χ2n) is 3.36. The fourth-order valence-electron chi connectivity index (χ4n) is 1.35. The summed E-state index contributed by atoms with van der Waals surface area (Å²) in [5.41, 5.74) is 7.36. The van der Waals surface area contributed by atoms with Crippen molar-refractivity contribution in [2.24, 2.45) is 5.84 Å². The van der Waals surface area contributed by atoms with Crippen molar-refractivity contribution < 1.29 is 8.78 Å². The minimum Gasteiger partial charge on any atom is -0.368 e. The summed E-state index contributed by atoms with van der Waals surface area (Å²) >= 11 is 0. The number of nitrogen functional groups attached to an aromatic ring is 2. The van der Waals surface area contributed by atoms with Gasteiger partial charge in [-0.05, 0) is 12.1 Å². The van der Waals surface area contributed by atoms with Crippen LogP contribution in [0.15, 0.2) is 24.3 Å². The van der Waals surface area contributed by atoms with Crippen LogP contribution in [0.3, 0.4) is 0 Å². The van der Waals surface area contributed by atoms with Gasteiger partial charge in [-0.2, -0.15) is 9.97 Å². The van der Waals surface area contributed by atoms with Crippen molar-refractivity contribution in [3.05, 3.63) is 35.9 Å². The minimum absolute atomic E-state index is 0.0790. The number of nitrogens with one attached hydrogen (secondary N) is 2. The number of halogens is 2. The van der Waals surface area contributed by atoms with Crippen molar-refractivity contribution in [2.45, 2.75) is 0 Å². The van der Waals surface area contributed by atoms with Gasteiger partial charge in [-0.15, -0.1) is 0 Å². The first-order chi connectivity index (χ1) is 8.60. The Morgan fingerprint density at radius 1 is 1.06 bits per heavy atom. The first-order valence-corrected chi connectivity index (χ1v) is 4.92. The van der Waals surface area contributed by atoms with Crippen molar-refractivity contribution in [3.8, 4) is 0 Å². The fraction of sp³-hybridized carbons (Fsp3) is 0. The highest BCUT2D eigenvalue weighted by Crippen LogP contribution is 2.23. The summed E-state index contributed by atoms with van der Waals surface area (Å²) in [5, 5.41) is 2.48. The van der Waals surface area contributed by atoms with Crippen LogP contribution in [0.4, 0.5) is 32.1 Å². The van der Waals surface area contributed by atoms with E-state index in [2.05, 4.69) is 20.7 Å². The molecule has 8 heteroatoms. The van der Waals surface area contributed by atoms with Crippen LogP contribution in [0.5, 0.6) is 0 Å². The molecular formula is C10H10F2N6. The van der Waals surface area contributed by atoms with Gasteiger partial charge in [0.25, 0.3) is 0 Å². The molecule has 2 rings (SSSR count). The number of nitrogens with zero attached hydrogens (tertiary/aromatic N) is 2. The molecule has 0 radical (unpaired) electrons. The van der Waals surface area contributed by atoms with Crippen molar-refractivity contribution >= 4 is 23.3 Å². The highest BCUT2D eigenvalue weighted by atomic mass is 19.1. The monoisotopic (exact) mass is 252 g/mol. The van der Waals surface area contributed by atoms with E-state index in [0.29, 0.717) is 0 Å². The highest BCUT2D eigenvalue weighted by Gasteiger charge is 2.10. The second-order valence-corrected chi connectivity index (χ2v) is 3.36. The Labute approximate surface area is 101 Å². The van der Waals surface area contributed by atoms with Gasteiger partial charge in [0, 0.05) is 6.07 Å². The van der Waals surface area contributed by atoms with Crippen LogP contribution >= 0.6 is 0 Å². The number of hydrogen-bond donors (Lipinski definition) is 4. The molecule has 2 aromatic rings. The summed E-state index contributed by atoms with van der Waals surface area (Å²) in [5.74, 6) is 3.96. The number of hydrazine groups is 1. The average Bonchev–Trinajstić information content (AvgIpc) is 2.33. The van der Waals surface area contributed by atoms with Crippen LogP contribution in [0.2, 0.25) is 0 Å². The summed E-state index contributed by atoms with van der Waals surface area (Å²) in [6.07, 6.45) is 0. The van der Waals surface area contributed by atoms with Gasteiger partial charge in [-0.3, -0.25) is 0 Å². The van der Waals surface area contributed by atoms with E-state index in [4.69, 9.17) is 11.6 Å². The molecule has 6 nitrogen and oxygen atoms in total. The van der Waals surface area contributed by atoms with Gasteiger partial charge in [0.15, 0.2) is 0 Å². The molecule has 18 heavy (non-hydrogen) atoms. The Morgan fingerprint density at radius 2 is 1.67 bits per heavy atom. The van der Waals surface area contributed by atoms with E-state index in [9.17, 15) is 8.78 Å². The predicted molar refractivity (Wildman–Crippen MR) is 63.9 cm³/mol. The number of benzene rings is 1. The highest BCUT2D eigenvalue weighted by molar-refractivity contribution is 5.61. The minimum atomic E-state index is -0.741. The van der Waals surface area contributed by atoms with Gasteiger partial charge in [-0.25, -0.2) is 14.6 Å². The molecule has 0 unspecified atom stereocenters. The van der Waals surface area contributed by atoms with Gasteiger partial charge in [-0.1, -0.05) is 6.07 Å². The van der Waals surface area contributed by atoms with Gasteiger partial charge < -0.3 is 16.5 Å². The largest absolute Gasteiger partial charge is 0.368 e. The zero-order chi connectivity index (χ0) is 13.1. The summed E-state index contributed by atoms with van der Waals surface area (Å²) in [6.45, 7) is 0. The van der Waals surface area contributed by atoms with E-state index in [0.717, 1.165) is 12.1 Å². The van der Waals surface area contributed by atoms with Crippen LogP contribution < -0.4 is 22.3 Å². The molecule has 0 bridgehead atoms. The van der Waals surface area contributed by atoms with E-state index in [1.807, 2.05) is 0 Å².